The molecule has 1 aliphatic rings. The molecule has 2 aromatic heterocycles. The molecule has 1 aliphatic heterocycles. The first-order chi connectivity index (χ1) is 16.2. The van der Waals surface area contributed by atoms with Crippen LogP contribution in [0.1, 0.15) is 70.8 Å². The number of aromatic nitrogens is 3. The van der Waals surface area contributed by atoms with E-state index in [1.54, 1.807) is 20.8 Å². The molecule has 1 amide bonds. The first-order valence-corrected chi connectivity index (χ1v) is 10.8. The second-order valence-corrected chi connectivity index (χ2v) is 8.99. The molecule has 0 fully saturated rings. The average Bonchev–Trinajstić information content (AvgIpc) is 3.20. The highest BCUT2D eigenvalue weighted by molar-refractivity contribution is 5.89. The Hall–Kier alpha value is -3.03. The normalized spacial score (nSPS) is 19.6. The maximum atomic E-state index is 13.8. The van der Waals surface area contributed by atoms with Crippen LogP contribution in [-0.4, -0.2) is 44.8 Å². The molecule has 0 spiro atoms. The van der Waals surface area contributed by atoms with Gasteiger partial charge in [0, 0.05) is 0 Å². The van der Waals surface area contributed by atoms with Gasteiger partial charge in [-0.05, 0) is 46.1 Å². The molecule has 0 aliphatic carbocycles. The van der Waals surface area contributed by atoms with Crippen molar-refractivity contribution >= 4 is 11.8 Å². The fourth-order valence-electron chi connectivity index (χ4n) is 3.32. The number of nitrogens with zero attached hydrogens (tertiary/aromatic N) is 3. The Kier molecular flexibility index (Phi) is 7.53. The standard InChI is InChI=1S/C21H25F5N4O5/c1-19(2,3)35-18(31)27-12-10-11(14(22)23)15-28-13(12)16-29-30-17(34-16)20(32,21(24,25)26)8-6-4-5-7-9-33-15/h10,14,32H,4-9H2,1-3H3,(H,27,31). The SMILES string of the molecule is CC(C)(C)OC(=O)Nc1cc(C(F)F)c2nc1-c1nnc(o1)C(O)(C(F)(F)F)CCCCCCO2. The van der Waals surface area contributed by atoms with Gasteiger partial charge >= 0.3 is 12.3 Å². The van der Waals surface area contributed by atoms with Crippen molar-refractivity contribution in [1.82, 2.24) is 15.2 Å². The maximum absolute atomic E-state index is 13.8. The lowest BCUT2D eigenvalue weighted by molar-refractivity contribution is -0.277. The average molecular weight is 508 g/mol. The molecule has 3 heterocycles. The Morgan fingerprint density at radius 2 is 1.86 bits per heavy atom. The summed E-state index contributed by atoms with van der Waals surface area (Å²) in [6, 6.07) is 0.845. The van der Waals surface area contributed by atoms with Crippen molar-refractivity contribution in [3.63, 3.8) is 0 Å². The summed E-state index contributed by atoms with van der Waals surface area (Å²) in [6.45, 7) is 4.67. The van der Waals surface area contributed by atoms with Crippen LogP contribution in [0.15, 0.2) is 10.5 Å². The lowest BCUT2D eigenvalue weighted by atomic mass is 9.95. The predicted octanol–water partition coefficient (Wildman–Crippen LogP) is 5.51. The van der Waals surface area contributed by atoms with Gasteiger partial charge in [-0.1, -0.05) is 12.8 Å². The van der Waals surface area contributed by atoms with Crippen LogP contribution in [0.5, 0.6) is 5.88 Å². The van der Waals surface area contributed by atoms with Crippen LogP contribution >= 0.6 is 0 Å². The lowest BCUT2D eigenvalue weighted by Crippen LogP contribution is -2.42. The molecule has 4 bridgehead atoms. The van der Waals surface area contributed by atoms with Crippen LogP contribution in [0.4, 0.5) is 32.4 Å². The van der Waals surface area contributed by atoms with Gasteiger partial charge in [0.1, 0.15) is 5.60 Å². The third-order valence-electron chi connectivity index (χ3n) is 5.01. The molecule has 9 nitrogen and oxygen atoms in total. The van der Waals surface area contributed by atoms with Crippen molar-refractivity contribution in [2.45, 2.75) is 76.7 Å². The van der Waals surface area contributed by atoms with Crippen LogP contribution in [0.25, 0.3) is 11.6 Å². The molecule has 14 heteroatoms. The Balaban J connectivity index is 2.15. The van der Waals surface area contributed by atoms with E-state index in [0.29, 0.717) is 19.3 Å². The number of ether oxygens (including phenoxy) is 2. The predicted molar refractivity (Wildman–Crippen MR) is 111 cm³/mol. The molecule has 0 radical (unpaired) electrons. The number of fused-ring (bicyclic) bond motifs is 5. The van der Waals surface area contributed by atoms with Gasteiger partial charge in [-0.25, -0.2) is 18.6 Å². The van der Waals surface area contributed by atoms with E-state index in [4.69, 9.17) is 13.9 Å². The molecule has 35 heavy (non-hydrogen) atoms. The van der Waals surface area contributed by atoms with Crippen molar-refractivity contribution < 1.29 is 45.7 Å². The van der Waals surface area contributed by atoms with Gasteiger partial charge < -0.3 is 19.0 Å². The Bertz CT molecular complexity index is 1050. The van der Waals surface area contributed by atoms with Crippen LogP contribution in [-0.2, 0) is 10.3 Å². The van der Waals surface area contributed by atoms with E-state index >= 15 is 0 Å². The van der Waals surface area contributed by atoms with Gasteiger partial charge in [-0.2, -0.15) is 13.2 Å². The monoisotopic (exact) mass is 508 g/mol. The minimum Gasteiger partial charge on any atom is -0.477 e. The molecular weight excluding hydrogens is 483 g/mol. The van der Waals surface area contributed by atoms with E-state index in [-0.39, 0.29) is 18.7 Å². The highest BCUT2D eigenvalue weighted by Gasteiger charge is 2.58. The Morgan fingerprint density at radius 3 is 2.49 bits per heavy atom. The largest absolute Gasteiger partial charge is 0.477 e. The van der Waals surface area contributed by atoms with Gasteiger partial charge in [0.15, 0.2) is 5.69 Å². The summed E-state index contributed by atoms with van der Waals surface area (Å²) in [5, 5.41) is 19.6. The van der Waals surface area contributed by atoms with Crippen molar-refractivity contribution in [3.05, 3.63) is 17.5 Å². The number of carbonyl (C=O) groups is 1. The minimum absolute atomic E-state index is 0.0228. The van der Waals surface area contributed by atoms with Gasteiger partial charge in [0.2, 0.25) is 11.5 Å². The summed E-state index contributed by atoms with van der Waals surface area (Å²) in [5.41, 5.74) is -5.86. The number of halogens is 5. The Morgan fingerprint density at radius 1 is 1.17 bits per heavy atom. The summed E-state index contributed by atoms with van der Waals surface area (Å²) in [4.78, 5) is 16.3. The third kappa shape index (κ3) is 6.16. The van der Waals surface area contributed by atoms with E-state index in [1.165, 1.54) is 0 Å². The molecule has 2 N–H and O–H groups in total. The number of hydrogen-bond donors (Lipinski definition) is 2. The lowest BCUT2D eigenvalue weighted by Gasteiger charge is -2.27. The first-order valence-electron chi connectivity index (χ1n) is 10.8. The number of aliphatic hydroxyl groups is 1. The van der Waals surface area contributed by atoms with Gasteiger partial charge in [0.05, 0.1) is 17.9 Å². The molecule has 194 valence electrons. The van der Waals surface area contributed by atoms with Gasteiger partial charge in [-0.3, -0.25) is 5.32 Å². The van der Waals surface area contributed by atoms with Crippen molar-refractivity contribution in [3.8, 4) is 17.5 Å². The zero-order valence-corrected chi connectivity index (χ0v) is 19.2. The van der Waals surface area contributed by atoms with E-state index in [9.17, 15) is 31.9 Å². The maximum Gasteiger partial charge on any atom is 0.426 e. The van der Waals surface area contributed by atoms with Crippen LogP contribution in [0.3, 0.4) is 0 Å². The topological polar surface area (TPSA) is 120 Å². The summed E-state index contributed by atoms with van der Waals surface area (Å²) in [5.74, 6) is -2.30. The van der Waals surface area contributed by atoms with Crippen LogP contribution < -0.4 is 10.1 Å². The van der Waals surface area contributed by atoms with E-state index in [2.05, 4.69) is 20.5 Å². The quantitative estimate of drug-likeness (QED) is 0.510. The van der Waals surface area contributed by atoms with Crippen molar-refractivity contribution in [2.24, 2.45) is 0 Å². The van der Waals surface area contributed by atoms with E-state index in [0.717, 1.165) is 6.07 Å². The summed E-state index contributed by atoms with van der Waals surface area (Å²) >= 11 is 0. The number of amides is 1. The number of alkyl halides is 5. The molecule has 1 atom stereocenters. The summed E-state index contributed by atoms with van der Waals surface area (Å²) in [6.07, 6.45) is -8.92. The molecule has 0 saturated carbocycles. The zero-order valence-electron chi connectivity index (χ0n) is 19.2. The second kappa shape index (κ2) is 9.91. The Labute approximate surface area is 197 Å². The molecule has 0 saturated heterocycles. The number of nitrogens with one attached hydrogen (secondary N) is 1. The fourth-order valence-corrected chi connectivity index (χ4v) is 3.32. The third-order valence-corrected chi connectivity index (χ3v) is 5.01. The van der Waals surface area contributed by atoms with Crippen molar-refractivity contribution in [1.29, 1.82) is 0 Å². The highest BCUT2D eigenvalue weighted by atomic mass is 19.4. The number of pyridine rings is 1. The first kappa shape index (κ1) is 26.6. The molecule has 2 aromatic rings. The van der Waals surface area contributed by atoms with Crippen LogP contribution in [0.2, 0.25) is 0 Å². The minimum atomic E-state index is -5.13. The second-order valence-electron chi connectivity index (χ2n) is 8.99. The highest BCUT2D eigenvalue weighted by Crippen LogP contribution is 2.44. The fraction of sp³-hybridized carbons (Fsp3) is 0.619. The number of rotatable bonds is 2. The van der Waals surface area contributed by atoms with Crippen LogP contribution in [0, 0.1) is 0 Å². The zero-order chi connectivity index (χ0) is 26.0. The van der Waals surface area contributed by atoms with Gasteiger partial charge in [-0.15, -0.1) is 10.2 Å². The van der Waals surface area contributed by atoms with Crippen molar-refractivity contribution in [2.75, 3.05) is 11.9 Å². The van der Waals surface area contributed by atoms with Gasteiger partial charge in [0.25, 0.3) is 18.2 Å². The molecule has 0 aromatic carbocycles. The number of carbonyl (C=O) groups excluding carboxylic acids is 1. The van der Waals surface area contributed by atoms with E-state index in [1.807, 2.05) is 0 Å². The summed E-state index contributed by atoms with van der Waals surface area (Å²) in [7, 11) is 0. The smallest absolute Gasteiger partial charge is 0.426 e. The number of anilines is 1. The van der Waals surface area contributed by atoms with E-state index < -0.39 is 65.2 Å². The molecule has 3 rings (SSSR count). The number of hydrogen-bond acceptors (Lipinski definition) is 8. The summed E-state index contributed by atoms with van der Waals surface area (Å²) < 4.78 is 84.5. The molecule has 1 unspecified atom stereocenters. The molecular formula is C21H25F5N4O5.